The Morgan fingerprint density at radius 3 is 2.33 bits per heavy atom. The summed E-state index contributed by atoms with van der Waals surface area (Å²) in [6.45, 7) is 4.91. The molecule has 108 valence electrons. The number of methoxy groups -OCH3 is 1. The summed E-state index contributed by atoms with van der Waals surface area (Å²) in [5.74, 6) is -1.72. The summed E-state index contributed by atoms with van der Waals surface area (Å²) in [6.07, 6.45) is 2.13. The normalized spacial score (nSPS) is 13.7. The third-order valence-corrected chi connectivity index (χ3v) is 4.22. The van der Waals surface area contributed by atoms with Crippen molar-refractivity contribution in [3.05, 3.63) is 0 Å². The minimum Gasteiger partial charge on any atom is -0.468 e. The van der Waals surface area contributed by atoms with E-state index in [0.29, 0.717) is 6.42 Å². The summed E-state index contributed by atoms with van der Waals surface area (Å²) in [6, 6.07) is 0. The molecule has 2 nitrogen and oxygen atoms in total. The Balaban J connectivity index is 3.72. The van der Waals surface area contributed by atoms with Crippen LogP contribution in [0.15, 0.2) is 0 Å². The van der Waals surface area contributed by atoms with Crippen LogP contribution in [0.25, 0.3) is 0 Å². The van der Waals surface area contributed by atoms with Crippen molar-refractivity contribution >= 4 is 17.7 Å². The average molecular weight is 282 g/mol. The van der Waals surface area contributed by atoms with Crippen molar-refractivity contribution < 1.29 is 18.3 Å². The number of alkyl halides is 2. The van der Waals surface area contributed by atoms with Gasteiger partial charge in [-0.25, -0.2) is 8.78 Å². The summed E-state index contributed by atoms with van der Waals surface area (Å²) in [5.41, 5.74) is 0. The van der Waals surface area contributed by atoms with Gasteiger partial charge in [-0.05, 0) is 31.4 Å². The molecule has 0 aliphatic rings. The molecule has 0 heterocycles. The van der Waals surface area contributed by atoms with Gasteiger partial charge in [-0.1, -0.05) is 20.3 Å². The summed E-state index contributed by atoms with van der Waals surface area (Å²) in [4.78, 5) is 11.5. The molecular formula is C13H24F2O2S. The van der Waals surface area contributed by atoms with E-state index in [-0.39, 0.29) is 23.6 Å². The van der Waals surface area contributed by atoms with Crippen LogP contribution in [0.5, 0.6) is 0 Å². The maximum atomic E-state index is 12.6. The highest BCUT2D eigenvalue weighted by Crippen LogP contribution is 2.24. The SMILES string of the molecule is COC(=O)C(SCCCCCC(C)(F)F)C(C)C. The van der Waals surface area contributed by atoms with Crippen LogP contribution < -0.4 is 0 Å². The van der Waals surface area contributed by atoms with E-state index in [1.165, 1.54) is 7.11 Å². The van der Waals surface area contributed by atoms with E-state index < -0.39 is 5.92 Å². The molecule has 0 spiro atoms. The van der Waals surface area contributed by atoms with Crippen molar-refractivity contribution in [2.24, 2.45) is 5.92 Å². The first-order valence-corrected chi connectivity index (χ1v) is 7.40. The topological polar surface area (TPSA) is 26.3 Å². The minimum absolute atomic E-state index is 0.0533. The zero-order chi connectivity index (χ0) is 14.2. The van der Waals surface area contributed by atoms with Crippen molar-refractivity contribution in [1.82, 2.24) is 0 Å². The largest absolute Gasteiger partial charge is 0.468 e. The molecule has 0 aromatic heterocycles. The molecule has 0 N–H and O–H groups in total. The van der Waals surface area contributed by atoms with E-state index in [1.807, 2.05) is 13.8 Å². The summed E-state index contributed by atoms with van der Waals surface area (Å²) < 4.78 is 29.8. The smallest absolute Gasteiger partial charge is 0.319 e. The van der Waals surface area contributed by atoms with Gasteiger partial charge in [-0.3, -0.25) is 4.79 Å². The number of hydrogen-bond donors (Lipinski definition) is 0. The number of rotatable bonds is 9. The number of ether oxygens (including phenoxy) is 1. The van der Waals surface area contributed by atoms with Crippen LogP contribution in [0.4, 0.5) is 8.78 Å². The lowest BCUT2D eigenvalue weighted by Gasteiger charge is -2.17. The predicted molar refractivity (Wildman–Crippen MR) is 72.2 cm³/mol. The van der Waals surface area contributed by atoms with Gasteiger partial charge >= 0.3 is 5.97 Å². The number of hydrogen-bond acceptors (Lipinski definition) is 3. The molecule has 0 aliphatic heterocycles. The highest BCUT2D eigenvalue weighted by atomic mass is 32.2. The molecule has 0 rings (SSSR count). The van der Waals surface area contributed by atoms with E-state index in [9.17, 15) is 13.6 Å². The second kappa shape index (κ2) is 8.73. The van der Waals surface area contributed by atoms with E-state index in [2.05, 4.69) is 0 Å². The summed E-state index contributed by atoms with van der Waals surface area (Å²) in [5, 5.41) is -0.150. The number of thioether (sulfide) groups is 1. The highest BCUT2D eigenvalue weighted by molar-refractivity contribution is 8.00. The number of halogens is 2. The fraction of sp³-hybridized carbons (Fsp3) is 0.923. The molecule has 0 fully saturated rings. The molecule has 1 atom stereocenters. The molecule has 18 heavy (non-hydrogen) atoms. The lowest BCUT2D eigenvalue weighted by atomic mass is 10.1. The number of unbranched alkanes of at least 4 members (excludes halogenated alkanes) is 2. The lowest BCUT2D eigenvalue weighted by Crippen LogP contribution is -2.24. The molecule has 0 aromatic rings. The van der Waals surface area contributed by atoms with Gasteiger partial charge in [0.25, 0.3) is 0 Å². The van der Waals surface area contributed by atoms with Gasteiger partial charge in [0, 0.05) is 6.42 Å². The second-order valence-electron chi connectivity index (χ2n) is 4.94. The van der Waals surface area contributed by atoms with Gasteiger partial charge in [0.05, 0.1) is 7.11 Å². The van der Waals surface area contributed by atoms with Gasteiger partial charge in [0.1, 0.15) is 5.25 Å². The monoisotopic (exact) mass is 282 g/mol. The molecule has 0 bridgehead atoms. The highest BCUT2D eigenvalue weighted by Gasteiger charge is 2.23. The van der Waals surface area contributed by atoms with E-state index in [0.717, 1.165) is 25.5 Å². The van der Waals surface area contributed by atoms with Gasteiger partial charge in [-0.15, -0.1) is 11.8 Å². The third-order valence-electron chi connectivity index (χ3n) is 2.60. The average Bonchev–Trinajstić information content (AvgIpc) is 2.25. The summed E-state index contributed by atoms with van der Waals surface area (Å²) in [7, 11) is 1.39. The maximum Gasteiger partial charge on any atom is 0.319 e. The van der Waals surface area contributed by atoms with Crippen molar-refractivity contribution in [1.29, 1.82) is 0 Å². The van der Waals surface area contributed by atoms with Crippen LogP contribution in [0.2, 0.25) is 0 Å². The van der Waals surface area contributed by atoms with Crippen LogP contribution >= 0.6 is 11.8 Å². The Labute approximate surface area is 113 Å². The standard InChI is InChI=1S/C13H24F2O2S/c1-10(2)11(12(16)17-4)18-9-7-5-6-8-13(3,14)15/h10-11H,5-9H2,1-4H3. The molecular weight excluding hydrogens is 258 g/mol. The van der Waals surface area contributed by atoms with Crippen molar-refractivity contribution in [3.63, 3.8) is 0 Å². The fourth-order valence-corrected chi connectivity index (χ4v) is 2.82. The molecule has 0 saturated carbocycles. The van der Waals surface area contributed by atoms with E-state index in [1.54, 1.807) is 11.8 Å². The molecule has 0 saturated heterocycles. The third kappa shape index (κ3) is 8.72. The molecule has 0 aliphatic carbocycles. The summed E-state index contributed by atoms with van der Waals surface area (Å²) >= 11 is 1.56. The lowest BCUT2D eigenvalue weighted by molar-refractivity contribution is -0.140. The van der Waals surface area contributed by atoms with Gasteiger partial charge in [-0.2, -0.15) is 0 Å². The van der Waals surface area contributed by atoms with Crippen LogP contribution in [0.1, 0.15) is 46.5 Å². The Bertz CT molecular complexity index is 240. The van der Waals surface area contributed by atoms with Crippen LogP contribution in [-0.2, 0) is 9.53 Å². The second-order valence-corrected chi connectivity index (χ2v) is 6.19. The predicted octanol–water partition coefficient (Wildman–Crippen LogP) is 4.13. The van der Waals surface area contributed by atoms with Crippen molar-refractivity contribution in [2.45, 2.75) is 57.6 Å². The first kappa shape index (κ1) is 17.7. The van der Waals surface area contributed by atoms with Crippen molar-refractivity contribution in [3.8, 4) is 0 Å². The first-order chi connectivity index (χ1) is 8.28. The van der Waals surface area contributed by atoms with Crippen LogP contribution in [0, 0.1) is 5.92 Å². The Morgan fingerprint density at radius 1 is 1.28 bits per heavy atom. The molecule has 1 unspecified atom stereocenters. The zero-order valence-corrected chi connectivity index (χ0v) is 12.5. The molecule has 0 aromatic carbocycles. The van der Waals surface area contributed by atoms with Gasteiger partial charge < -0.3 is 4.74 Å². The minimum atomic E-state index is -2.56. The number of carbonyl (C=O) groups excluding carboxylic acids is 1. The molecule has 5 heteroatoms. The first-order valence-electron chi connectivity index (χ1n) is 6.35. The molecule has 0 amide bonds. The van der Waals surface area contributed by atoms with E-state index in [4.69, 9.17) is 4.74 Å². The Morgan fingerprint density at radius 2 is 1.89 bits per heavy atom. The molecule has 0 radical (unpaired) electrons. The maximum absolute atomic E-state index is 12.6. The number of esters is 1. The van der Waals surface area contributed by atoms with Crippen LogP contribution in [-0.4, -0.2) is 30.0 Å². The Kier molecular flexibility index (Phi) is 8.57. The van der Waals surface area contributed by atoms with Gasteiger partial charge in [0.15, 0.2) is 0 Å². The van der Waals surface area contributed by atoms with Crippen molar-refractivity contribution in [2.75, 3.05) is 12.9 Å². The van der Waals surface area contributed by atoms with Gasteiger partial charge in [0.2, 0.25) is 5.92 Å². The Hall–Kier alpha value is -0.320. The zero-order valence-electron chi connectivity index (χ0n) is 11.7. The fourth-order valence-electron chi connectivity index (χ4n) is 1.57. The van der Waals surface area contributed by atoms with Crippen LogP contribution in [0.3, 0.4) is 0 Å². The number of carbonyl (C=O) groups is 1. The quantitative estimate of drug-likeness (QED) is 0.470. The van der Waals surface area contributed by atoms with E-state index >= 15 is 0 Å².